The molecule has 0 aliphatic carbocycles. The number of carbonyl (C=O) groups excluding carboxylic acids is 1. The van der Waals surface area contributed by atoms with Gasteiger partial charge in [0.25, 0.3) is 5.56 Å². The first-order valence-corrected chi connectivity index (χ1v) is 12.4. The molecule has 1 amide bonds. The number of hydrogen-bond acceptors (Lipinski definition) is 4. The molecule has 0 spiro atoms. The summed E-state index contributed by atoms with van der Waals surface area (Å²) in [4.78, 5) is 34.7. The van der Waals surface area contributed by atoms with Gasteiger partial charge >= 0.3 is 0 Å². The first-order valence-electron chi connectivity index (χ1n) is 11.4. The Morgan fingerprint density at radius 3 is 2.26 bits per heavy atom. The maximum absolute atomic E-state index is 13.7. The van der Waals surface area contributed by atoms with Crippen LogP contribution in [0.3, 0.4) is 0 Å². The van der Waals surface area contributed by atoms with Gasteiger partial charge in [0.1, 0.15) is 11.0 Å². The minimum atomic E-state index is -0.187. The molecule has 0 bridgehead atoms. The standard InChI is InChI=1S/C28H26N4O2S/c1-16-9-17(2)12-20(11-16)29-24(33)15-35-28-31-25-22-7-5-6-8-23(22)30-26(25)27(34)32(28)21-13-18(3)10-19(4)14-21/h5-14,30H,15H2,1-4H3,(H,29,33). The molecule has 0 saturated heterocycles. The van der Waals surface area contributed by atoms with E-state index in [4.69, 9.17) is 4.98 Å². The van der Waals surface area contributed by atoms with Crippen LogP contribution in [-0.4, -0.2) is 26.2 Å². The molecule has 5 rings (SSSR count). The second kappa shape index (κ2) is 9.07. The van der Waals surface area contributed by atoms with Crippen molar-refractivity contribution < 1.29 is 4.79 Å². The maximum Gasteiger partial charge on any atom is 0.283 e. The number of anilines is 1. The fraction of sp³-hybridized carbons (Fsp3) is 0.179. The Morgan fingerprint density at radius 1 is 0.943 bits per heavy atom. The molecule has 3 aromatic carbocycles. The van der Waals surface area contributed by atoms with Gasteiger partial charge in [-0.25, -0.2) is 4.98 Å². The Balaban J connectivity index is 1.57. The number of aromatic nitrogens is 3. The van der Waals surface area contributed by atoms with Gasteiger partial charge in [0.05, 0.1) is 11.4 Å². The van der Waals surface area contributed by atoms with Gasteiger partial charge in [-0.05, 0) is 80.3 Å². The normalized spacial score (nSPS) is 11.3. The molecule has 35 heavy (non-hydrogen) atoms. The van der Waals surface area contributed by atoms with Crippen molar-refractivity contribution in [1.29, 1.82) is 0 Å². The van der Waals surface area contributed by atoms with Crippen LogP contribution < -0.4 is 10.9 Å². The van der Waals surface area contributed by atoms with Crippen LogP contribution in [0.2, 0.25) is 0 Å². The summed E-state index contributed by atoms with van der Waals surface area (Å²) in [6.07, 6.45) is 0. The smallest absolute Gasteiger partial charge is 0.283 e. The number of aryl methyl sites for hydroxylation is 4. The lowest BCUT2D eigenvalue weighted by Gasteiger charge is -2.14. The maximum atomic E-state index is 13.7. The topological polar surface area (TPSA) is 79.8 Å². The molecule has 0 fully saturated rings. The predicted octanol–water partition coefficient (Wildman–Crippen LogP) is 5.83. The number of rotatable bonds is 5. The van der Waals surface area contributed by atoms with E-state index in [-0.39, 0.29) is 17.2 Å². The van der Waals surface area contributed by atoms with Gasteiger partial charge in [-0.3, -0.25) is 14.2 Å². The zero-order valence-electron chi connectivity index (χ0n) is 20.1. The van der Waals surface area contributed by atoms with Crippen LogP contribution in [0, 0.1) is 27.7 Å². The summed E-state index contributed by atoms with van der Waals surface area (Å²) in [7, 11) is 0. The highest BCUT2D eigenvalue weighted by Crippen LogP contribution is 2.27. The van der Waals surface area contributed by atoms with Gasteiger partial charge in [-0.1, -0.05) is 42.1 Å². The number of aromatic amines is 1. The van der Waals surface area contributed by atoms with E-state index in [2.05, 4.69) is 22.4 Å². The van der Waals surface area contributed by atoms with Crippen molar-refractivity contribution >= 4 is 45.3 Å². The molecule has 2 heterocycles. The summed E-state index contributed by atoms with van der Waals surface area (Å²) >= 11 is 1.26. The molecule has 0 aliphatic rings. The summed E-state index contributed by atoms with van der Waals surface area (Å²) in [5, 5.41) is 4.33. The van der Waals surface area contributed by atoms with E-state index in [1.54, 1.807) is 4.57 Å². The van der Waals surface area contributed by atoms with Crippen LogP contribution in [0.1, 0.15) is 22.3 Å². The largest absolute Gasteiger partial charge is 0.349 e. The Bertz CT molecular complexity index is 1630. The van der Waals surface area contributed by atoms with E-state index in [0.717, 1.165) is 44.5 Å². The third-order valence-electron chi connectivity index (χ3n) is 5.80. The third-order valence-corrected chi connectivity index (χ3v) is 6.74. The Hall–Kier alpha value is -3.84. The minimum Gasteiger partial charge on any atom is -0.349 e. The molecule has 0 radical (unpaired) electrons. The molecule has 6 nitrogen and oxygen atoms in total. The molecule has 7 heteroatoms. The van der Waals surface area contributed by atoms with Crippen molar-refractivity contribution in [1.82, 2.24) is 14.5 Å². The molecule has 176 valence electrons. The Kier molecular flexibility index (Phi) is 5.94. The number of H-pyrrole nitrogens is 1. The molecule has 0 atom stereocenters. The molecule has 5 aromatic rings. The highest BCUT2D eigenvalue weighted by atomic mass is 32.2. The van der Waals surface area contributed by atoms with E-state index >= 15 is 0 Å². The number of hydrogen-bond donors (Lipinski definition) is 2. The lowest BCUT2D eigenvalue weighted by molar-refractivity contribution is -0.113. The molecule has 0 aliphatic heterocycles. The zero-order valence-corrected chi connectivity index (χ0v) is 20.9. The summed E-state index contributed by atoms with van der Waals surface area (Å²) in [6.45, 7) is 8.00. The summed E-state index contributed by atoms with van der Waals surface area (Å²) in [6, 6.07) is 19.7. The first-order chi connectivity index (χ1) is 16.8. The lowest BCUT2D eigenvalue weighted by atomic mass is 10.1. The molecule has 2 aromatic heterocycles. The van der Waals surface area contributed by atoms with Crippen LogP contribution in [0.4, 0.5) is 5.69 Å². The number of para-hydroxylation sites is 1. The average molecular weight is 483 g/mol. The van der Waals surface area contributed by atoms with Gasteiger partial charge in [-0.15, -0.1) is 0 Å². The molecule has 2 N–H and O–H groups in total. The lowest BCUT2D eigenvalue weighted by Crippen LogP contribution is -2.23. The number of amides is 1. The van der Waals surface area contributed by atoms with Gasteiger partial charge in [0.2, 0.25) is 5.91 Å². The van der Waals surface area contributed by atoms with E-state index in [0.29, 0.717) is 16.2 Å². The van der Waals surface area contributed by atoms with Crippen molar-refractivity contribution in [3.05, 3.63) is 93.3 Å². The second-order valence-corrected chi connectivity index (χ2v) is 9.93. The molecular weight excluding hydrogens is 456 g/mol. The van der Waals surface area contributed by atoms with Crippen molar-refractivity contribution in [2.45, 2.75) is 32.9 Å². The monoisotopic (exact) mass is 482 g/mol. The van der Waals surface area contributed by atoms with Crippen LogP contribution in [0.25, 0.3) is 27.6 Å². The number of nitrogens with one attached hydrogen (secondary N) is 2. The number of fused-ring (bicyclic) bond motifs is 3. The first kappa shape index (κ1) is 22.9. The fourth-order valence-electron chi connectivity index (χ4n) is 4.52. The number of nitrogens with zero attached hydrogens (tertiary/aromatic N) is 2. The third kappa shape index (κ3) is 4.59. The summed E-state index contributed by atoms with van der Waals surface area (Å²) in [5.41, 5.74) is 7.50. The van der Waals surface area contributed by atoms with E-state index in [9.17, 15) is 9.59 Å². The zero-order chi connectivity index (χ0) is 24.7. The highest BCUT2D eigenvalue weighted by molar-refractivity contribution is 7.99. The highest BCUT2D eigenvalue weighted by Gasteiger charge is 2.18. The van der Waals surface area contributed by atoms with Crippen LogP contribution in [0.5, 0.6) is 0 Å². The predicted molar refractivity (Wildman–Crippen MR) is 144 cm³/mol. The summed E-state index contributed by atoms with van der Waals surface area (Å²) < 4.78 is 1.60. The van der Waals surface area contributed by atoms with Gasteiger partial charge in [-0.2, -0.15) is 0 Å². The van der Waals surface area contributed by atoms with Crippen LogP contribution in [-0.2, 0) is 4.79 Å². The summed E-state index contributed by atoms with van der Waals surface area (Å²) in [5.74, 6) is -0.0294. The molecule has 0 saturated carbocycles. The Labute approximate surface area is 207 Å². The van der Waals surface area contributed by atoms with E-state index < -0.39 is 0 Å². The number of benzene rings is 3. The van der Waals surface area contributed by atoms with Gasteiger partial charge in [0.15, 0.2) is 5.16 Å². The van der Waals surface area contributed by atoms with Crippen molar-refractivity contribution in [3.63, 3.8) is 0 Å². The Morgan fingerprint density at radius 2 is 1.57 bits per heavy atom. The number of carbonyl (C=O) groups is 1. The van der Waals surface area contributed by atoms with Crippen molar-refractivity contribution in [2.75, 3.05) is 11.1 Å². The van der Waals surface area contributed by atoms with Gasteiger partial charge in [0, 0.05) is 16.6 Å². The molecule has 0 unspecified atom stereocenters. The van der Waals surface area contributed by atoms with Crippen molar-refractivity contribution in [2.24, 2.45) is 0 Å². The van der Waals surface area contributed by atoms with E-state index in [1.807, 2.05) is 76.2 Å². The number of thioether (sulfide) groups is 1. The fourth-order valence-corrected chi connectivity index (χ4v) is 5.33. The SMILES string of the molecule is Cc1cc(C)cc(NC(=O)CSc2nc3c([nH]c4ccccc43)c(=O)n2-c2cc(C)cc(C)c2)c1. The van der Waals surface area contributed by atoms with Crippen LogP contribution >= 0.6 is 11.8 Å². The van der Waals surface area contributed by atoms with Gasteiger partial charge < -0.3 is 10.3 Å². The van der Waals surface area contributed by atoms with Crippen LogP contribution in [0.15, 0.2) is 70.6 Å². The quantitative estimate of drug-likeness (QED) is 0.244. The minimum absolute atomic E-state index is 0.123. The average Bonchev–Trinajstić information content (AvgIpc) is 3.15. The molecular formula is C28H26N4O2S. The van der Waals surface area contributed by atoms with E-state index in [1.165, 1.54) is 11.8 Å². The van der Waals surface area contributed by atoms with Crippen molar-refractivity contribution in [3.8, 4) is 5.69 Å². The second-order valence-electron chi connectivity index (χ2n) is 8.99.